The predicted molar refractivity (Wildman–Crippen MR) is 135 cm³/mol. The van der Waals surface area contributed by atoms with E-state index in [0.29, 0.717) is 35.4 Å². The largest absolute Gasteiger partial charge is 0.453 e. The lowest BCUT2D eigenvalue weighted by Gasteiger charge is -2.46. The van der Waals surface area contributed by atoms with Crippen LogP contribution in [0.25, 0.3) is 29.0 Å². The van der Waals surface area contributed by atoms with Gasteiger partial charge in [-0.1, -0.05) is 13.8 Å². The van der Waals surface area contributed by atoms with Gasteiger partial charge in [0.25, 0.3) is 5.82 Å². The van der Waals surface area contributed by atoms with Crippen molar-refractivity contribution < 1.29 is 31.1 Å². The number of halogens is 5. The molecule has 0 radical (unpaired) electrons. The molecule has 0 bridgehead atoms. The van der Waals surface area contributed by atoms with Crippen molar-refractivity contribution >= 4 is 6.20 Å². The number of hydrogen-bond donors (Lipinski definition) is 0. The van der Waals surface area contributed by atoms with E-state index in [0.717, 1.165) is 10.7 Å². The lowest BCUT2D eigenvalue weighted by Crippen LogP contribution is -2.68. The molecule has 5 nitrogen and oxygen atoms in total. The third kappa shape index (κ3) is 4.04. The van der Waals surface area contributed by atoms with Gasteiger partial charge in [0.15, 0.2) is 17.9 Å². The summed E-state index contributed by atoms with van der Waals surface area (Å²) >= 11 is 0. The van der Waals surface area contributed by atoms with Crippen molar-refractivity contribution in [3.05, 3.63) is 90.0 Å². The van der Waals surface area contributed by atoms with Gasteiger partial charge in [-0.25, -0.2) is 13.5 Å². The van der Waals surface area contributed by atoms with Gasteiger partial charge in [0.05, 0.1) is 11.0 Å². The summed E-state index contributed by atoms with van der Waals surface area (Å²) in [6.07, 6.45) is 3.02. The molecular formula is C29H28F5N5+2. The van der Waals surface area contributed by atoms with Gasteiger partial charge in [0.2, 0.25) is 17.2 Å². The summed E-state index contributed by atoms with van der Waals surface area (Å²) < 4.78 is 75.7. The number of fused-ring (bicyclic) bond motifs is 3. The first kappa shape index (κ1) is 26.6. The van der Waals surface area contributed by atoms with Crippen molar-refractivity contribution in [3.63, 3.8) is 0 Å². The van der Waals surface area contributed by atoms with Crippen LogP contribution in [0, 0.1) is 11.6 Å². The molecule has 0 N–H and O–H groups in total. The molecule has 1 aliphatic heterocycles. The molecule has 0 amide bonds. The van der Waals surface area contributed by atoms with Gasteiger partial charge < -0.3 is 0 Å². The Balaban J connectivity index is 1.78. The van der Waals surface area contributed by atoms with E-state index in [1.807, 2.05) is 37.6 Å². The number of benzene rings is 1. The molecule has 0 fully saturated rings. The van der Waals surface area contributed by atoms with Crippen molar-refractivity contribution in [2.24, 2.45) is 7.05 Å². The van der Waals surface area contributed by atoms with Crippen LogP contribution >= 0.6 is 0 Å². The van der Waals surface area contributed by atoms with Crippen molar-refractivity contribution in [2.75, 3.05) is 0 Å². The minimum Gasteiger partial charge on any atom is -0.215 e. The molecule has 1 aromatic carbocycles. The number of aryl methyl sites for hydroxylation is 1. The van der Waals surface area contributed by atoms with E-state index >= 15 is 4.39 Å². The highest BCUT2D eigenvalue weighted by molar-refractivity contribution is 5.67. The Bertz CT molecular complexity index is 1590. The molecule has 0 saturated heterocycles. The zero-order valence-electron chi connectivity index (χ0n) is 22.0. The van der Waals surface area contributed by atoms with E-state index in [-0.39, 0.29) is 5.82 Å². The molecule has 2 atom stereocenters. The Hall–Kier alpha value is -3.95. The van der Waals surface area contributed by atoms with Crippen molar-refractivity contribution in [1.29, 1.82) is 0 Å². The fourth-order valence-electron chi connectivity index (χ4n) is 5.87. The summed E-state index contributed by atoms with van der Waals surface area (Å²) in [5, 5.41) is 3.80. The number of hydrogen-bond acceptors (Lipinski definition) is 2. The molecule has 0 aliphatic carbocycles. The van der Waals surface area contributed by atoms with Crippen molar-refractivity contribution in [1.82, 2.24) is 14.8 Å². The van der Waals surface area contributed by atoms with E-state index in [4.69, 9.17) is 0 Å². The normalized spacial score (nSPS) is 20.7. The second kappa shape index (κ2) is 9.36. The third-order valence-corrected chi connectivity index (χ3v) is 8.06. The van der Waals surface area contributed by atoms with Crippen LogP contribution in [0.3, 0.4) is 0 Å². The predicted octanol–water partition coefficient (Wildman–Crippen LogP) is 5.98. The molecule has 202 valence electrons. The van der Waals surface area contributed by atoms with Gasteiger partial charge in [-0.05, 0) is 37.1 Å². The quantitative estimate of drug-likeness (QED) is 0.230. The zero-order valence-corrected chi connectivity index (χ0v) is 22.0. The summed E-state index contributed by atoms with van der Waals surface area (Å²) in [7, 11) is 1.71. The fourth-order valence-corrected chi connectivity index (χ4v) is 5.87. The molecule has 4 aromatic rings. The average Bonchev–Trinajstić information content (AvgIpc) is 3.33. The molecule has 1 aliphatic rings. The molecule has 0 spiro atoms. The second-order valence-corrected chi connectivity index (χ2v) is 9.94. The first-order chi connectivity index (χ1) is 18.5. The molecule has 5 rings (SSSR count). The zero-order chi connectivity index (χ0) is 28.2. The Morgan fingerprint density at radius 1 is 0.974 bits per heavy atom. The highest BCUT2D eigenvalue weighted by Gasteiger charge is 2.59. The molecular weight excluding hydrogens is 513 g/mol. The van der Waals surface area contributed by atoms with Gasteiger partial charge in [0.1, 0.15) is 18.7 Å². The van der Waals surface area contributed by atoms with E-state index in [1.165, 1.54) is 12.3 Å². The van der Waals surface area contributed by atoms with Crippen LogP contribution in [-0.2, 0) is 24.2 Å². The Morgan fingerprint density at radius 2 is 1.67 bits per heavy atom. The fraction of sp³-hybridized carbons (Fsp3) is 0.310. The second-order valence-electron chi connectivity index (χ2n) is 9.94. The van der Waals surface area contributed by atoms with Gasteiger partial charge in [-0.15, -0.1) is 5.10 Å². The summed E-state index contributed by atoms with van der Waals surface area (Å²) in [6.45, 7) is 5.82. The first-order valence-corrected chi connectivity index (χ1v) is 12.7. The first-order valence-electron chi connectivity index (χ1n) is 12.7. The molecule has 39 heavy (non-hydrogen) atoms. The number of pyridine rings is 2. The van der Waals surface area contributed by atoms with Crippen LogP contribution in [-0.4, -0.2) is 14.8 Å². The highest BCUT2D eigenvalue weighted by atomic mass is 19.4. The van der Waals surface area contributed by atoms with Crippen molar-refractivity contribution in [3.8, 4) is 22.8 Å². The van der Waals surface area contributed by atoms with Crippen LogP contribution in [0.2, 0.25) is 0 Å². The van der Waals surface area contributed by atoms with Crippen LogP contribution < -0.4 is 9.13 Å². The molecule has 3 aromatic heterocycles. The van der Waals surface area contributed by atoms with E-state index in [1.54, 1.807) is 54.2 Å². The van der Waals surface area contributed by atoms with E-state index in [9.17, 15) is 17.6 Å². The molecule has 4 heterocycles. The van der Waals surface area contributed by atoms with Crippen LogP contribution in [0.4, 0.5) is 22.0 Å². The van der Waals surface area contributed by atoms with E-state index < -0.39 is 34.6 Å². The Kier molecular flexibility index (Phi) is 6.39. The third-order valence-electron chi connectivity index (χ3n) is 8.06. The van der Waals surface area contributed by atoms with Gasteiger partial charge in [-0.2, -0.15) is 27.3 Å². The topological polar surface area (TPSA) is 38.5 Å². The Morgan fingerprint density at radius 3 is 2.31 bits per heavy atom. The standard InChI is InChI=1S/C29H28F5N5/c1-5-27(3)20-17-19(30)18-21(31)24(20)22-11-8-10-15-38(22)28(27,6-2)13-16-39-25(23-12-7-9-14-37(23)4)35-26(36-39)29(32,33)34/h7-18H,5-6H2,1-4H3/q+2. The summed E-state index contributed by atoms with van der Waals surface area (Å²) in [4.78, 5) is 3.83. The number of nitrogens with zero attached hydrogens (tertiary/aromatic N) is 5. The van der Waals surface area contributed by atoms with E-state index in [2.05, 4.69) is 10.1 Å². The maximum Gasteiger partial charge on any atom is 0.453 e. The molecule has 10 heteroatoms. The molecule has 2 unspecified atom stereocenters. The monoisotopic (exact) mass is 541 g/mol. The maximum atomic E-state index is 15.3. The number of allylic oxidation sites excluding steroid dienone is 1. The number of aromatic nitrogens is 5. The van der Waals surface area contributed by atoms with Gasteiger partial charge in [-0.3, -0.25) is 0 Å². The minimum absolute atomic E-state index is 0.0118. The molecule has 0 saturated carbocycles. The smallest absolute Gasteiger partial charge is 0.215 e. The lowest BCUT2D eigenvalue weighted by atomic mass is 9.59. The summed E-state index contributed by atoms with van der Waals surface area (Å²) in [5.74, 6) is -2.60. The maximum absolute atomic E-state index is 15.3. The summed E-state index contributed by atoms with van der Waals surface area (Å²) in [5.41, 5.74) is 0.0549. The van der Waals surface area contributed by atoms with Crippen LogP contribution in [0.5, 0.6) is 0 Å². The average molecular weight is 542 g/mol. The number of rotatable bonds is 5. The Labute approximate surface area is 222 Å². The highest BCUT2D eigenvalue weighted by Crippen LogP contribution is 2.51. The van der Waals surface area contributed by atoms with Crippen molar-refractivity contribution in [2.45, 2.75) is 50.7 Å². The summed E-state index contributed by atoms with van der Waals surface area (Å²) in [6, 6.07) is 12.7. The van der Waals surface area contributed by atoms with Gasteiger partial charge >= 0.3 is 6.18 Å². The van der Waals surface area contributed by atoms with Crippen LogP contribution in [0.15, 0.2) is 67.0 Å². The number of alkyl halides is 3. The minimum atomic E-state index is -4.75. The lowest BCUT2D eigenvalue weighted by molar-refractivity contribution is -0.756. The SMILES string of the molecule is CCC1(C)c2cc(F)cc(F)c2-c2cccc[n+]2C1(C=Cn1nc(C(F)(F)F)nc1-c1cccc[n+]1C)CC. The van der Waals surface area contributed by atoms with Gasteiger partial charge in [0, 0.05) is 49.0 Å². The van der Waals surface area contributed by atoms with Crippen LogP contribution in [0.1, 0.15) is 45.0 Å².